The first-order chi connectivity index (χ1) is 9.58. The fraction of sp³-hybridized carbons (Fsp3) is 0.556. The summed E-state index contributed by atoms with van der Waals surface area (Å²) in [4.78, 5) is 2.34. The van der Waals surface area contributed by atoms with Gasteiger partial charge in [-0.05, 0) is 0 Å². The Kier molecular flexibility index (Phi) is 8.30. The fourth-order valence-electron chi connectivity index (χ4n) is 2.38. The van der Waals surface area contributed by atoms with E-state index in [1.165, 1.54) is 44.1 Å². The van der Waals surface area contributed by atoms with Crippen LogP contribution in [0.5, 0.6) is 0 Å². The van der Waals surface area contributed by atoms with Crippen LogP contribution in [0.3, 0.4) is 0 Å². The second kappa shape index (κ2) is 9.45. The monoisotopic (exact) mass is 265 g/mol. The maximum absolute atomic E-state index is 2.36. The molecule has 20 heavy (non-hydrogen) atoms. The molecule has 0 fully saturated rings. The molecule has 0 bridgehead atoms. The fourth-order valence-corrected chi connectivity index (χ4v) is 2.38. The Morgan fingerprint density at radius 1 is 1.05 bits per heavy atom. The van der Waals surface area contributed by atoms with E-state index in [0.29, 0.717) is 0 Å². The molecule has 1 atom stereocenters. The van der Waals surface area contributed by atoms with Gasteiger partial charge in [-0.25, -0.2) is 0 Å². The summed E-state index contributed by atoms with van der Waals surface area (Å²) in [7, 11) is 4.36. The molecule has 0 aliphatic heterocycles. The predicted octanol–water partition coefficient (Wildman–Crippen LogP) is 4.49. The summed E-state index contributed by atoms with van der Waals surface area (Å²) in [6.07, 6.45) is 12.6. The third kappa shape index (κ3) is 6.31. The standard InChI is InChI=1S/C18H28N.Li/c1-4-5-6-7-11-14-18(19(2)3)16-15-17-12-9-8-10-13-17;/h8-10,12-13,15-16H,4-7,11,14H2,1-3H3;. The molecular formula is C18H28LiN. The molecular weight excluding hydrogens is 237 g/mol. The van der Waals surface area contributed by atoms with Crippen molar-refractivity contribution in [3.8, 4) is 0 Å². The van der Waals surface area contributed by atoms with Crippen molar-refractivity contribution in [1.82, 2.24) is 4.90 Å². The maximum atomic E-state index is 2.36. The van der Waals surface area contributed by atoms with E-state index in [4.69, 9.17) is 0 Å². The van der Waals surface area contributed by atoms with Gasteiger partial charge in [-0.15, -0.1) is 0 Å². The molecule has 106 valence electrons. The Bertz CT molecular complexity index is 386. The van der Waals surface area contributed by atoms with Crippen LogP contribution in [0.1, 0.15) is 51.0 Å². The molecule has 1 rings (SSSR count). The van der Waals surface area contributed by atoms with E-state index < -0.39 is 0 Å². The summed E-state index contributed by atoms with van der Waals surface area (Å²) in [6.45, 7) is 2.27. The number of unbranched alkanes of at least 4 members (excludes halogenated alkanes) is 4. The van der Waals surface area contributed by atoms with Gasteiger partial charge in [0.05, 0.1) is 0 Å². The number of rotatable bonds is 9. The Hall–Kier alpha value is -0.483. The van der Waals surface area contributed by atoms with Crippen molar-refractivity contribution in [3.63, 3.8) is 0 Å². The average Bonchev–Trinajstić information content (AvgIpc) is 2.46. The quantitative estimate of drug-likeness (QED) is 0.470. The molecule has 0 spiro atoms. The summed E-state index contributed by atoms with van der Waals surface area (Å²) >= 11 is 2.34. The second-order valence-corrected chi connectivity index (χ2v) is 6.16. The molecule has 1 nitrogen and oxygen atoms in total. The molecule has 1 unspecified atom stereocenters. The molecule has 0 amide bonds. The summed E-state index contributed by atoms with van der Waals surface area (Å²) < 4.78 is 0.155. The van der Waals surface area contributed by atoms with Gasteiger partial charge in [0, 0.05) is 0 Å². The molecule has 0 saturated carbocycles. The molecule has 0 aliphatic rings. The first kappa shape index (κ1) is 17.6. The molecule has 2 heteroatoms. The number of hydrogen-bond acceptors (Lipinski definition) is 1. The Labute approximate surface area is 134 Å². The van der Waals surface area contributed by atoms with Gasteiger partial charge < -0.3 is 0 Å². The second-order valence-electron chi connectivity index (χ2n) is 6.16. The zero-order chi connectivity index (χ0) is 14.8. The van der Waals surface area contributed by atoms with Crippen LogP contribution in [0.4, 0.5) is 0 Å². The van der Waals surface area contributed by atoms with Crippen LogP contribution in [-0.2, 0) is 0 Å². The van der Waals surface area contributed by atoms with Crippen LogP contribution in [0.2, 0.25) is 0 Å². The van der Waals surface area contributed by atoms with Gasteiger partial charge in [0.15, 0.2) is 0 Å². The number of likely N-dealkylation sites (N-methyl/N-ethyl adjacent to an activating group) is 1. The van der Waals surface area contributed by atoms with Crippen LogP contribution in [0.25, 0.3) is 6.08 Å². The third-order valence-electron chi connectivity index (χ3n) is 4.24. The van der Waals surface area contributed by atoms with E-state index in [9.17, 15) is 0 Å². The number of benzene rings is 1. The van der Waals surface area contributed by atoms with Crippen LogP contribution in [0.15, 0.2) is 36.4 Å². The summed E-state index contributed by atoms with van der Waals surface area (Å²) in [5.41, 5.74) is 1.28. The Balaban J connectivity index is 2.55. The van der Waals surface area contributed by atoms with Crippen LogP contribution >= 0.6 is 0 Å². The van der Waals surface area contributed by atoms with E-state index in [1.807, 2.05) is 0 Å². The zero-order valence-electron chi connectivity index (χ0n) is 13.7. The summed E-state index contributed by atoms with van der Waals surface area (Å²) in [6, 6.07) is 10.6. The first-order valence-electron chi connectivity index (χ1n) is 8.00. The van der Waals surface area contributed by atoms with Crippen molar-refractivity contribution in [2.75, 3.05) is 14.1 Å². The van der Waals surface area contributed by atoms with Gasteiger partial charge in [0.1, 0.15) is 0 Å². The van der Waals surface area contributed by atoms with E-state index in [2.05, 4.69) is 86.1 Å². The summed E-state index contributed by atoms with van der Waals surface area (Å²) in [5, 5.41) is 0. The number of nitrogens with zero attached hydrogens (tertiary/aromatic N) is 1. The third-order valence-corrected chi connectivity index (χ3v) is 4.24. The van der Waals surface area contributed by atoms with Gasteiger partial charge >= 0.3 is 134 Å². The van der Waals surface area contributed by atoms with Gasteiger partial charge in [-0.1, -0.05) is 0 Å². The van der Waals surface area contributed by atoms with Crippen molar-refractivity contribution in [3.05, 3.63) is 42.0 Å². The molecule has 0 N–H and O–H groups in total. The molecule has 1 aromatic carbocycles. The van der Waals surface area contributed by atoms with Crippen LogP contribution < -0.4 is 0 Å². The van der Waals surface area contributed by atoms with E-state index in [0.717, 1.165) is 0 Å². The topological polar surface area (TPSA) is 3.24 Å². The predicted molar refractivity (Wildman–Crippen MR) is 91.0 cm³/mol. The Morgan fingerprint density at radius 3 is 2.30 bits per heavy atom. The van der Waals surface area contributed by atoms with E-state index in [1.54, 1.807) is 0 Å². The van der Waals surface area contributed by atoms with Crippen molar-refractivity contribution < 1.29 is 0 Å². The van der Waals surface area contributed by atoms with E-state index in [-0.39, 0.29) is 4.21 Å². The SMILES string of the molecule is [Li][C](C=Cc1ccccc1)(CCCCCCC)N(C)C. The molecule has 0 saturated heterocycles. The van der Waals surface area contributed by atoms with Crippen molar-refractivity contribution >= 4 is 23.8 Å². The number of hydrogen-bond donors (Lipinski definition) is 0. The van der Waals surface area contributed by atoms with Crippen molar-refractivity contribution in [1.29, 1.82) is 0 Å². The zero-order valence-corrected chi connectivity index (χ0v) is 13.7. The van der Waals surface area contributed by atoms with Crippen molar-refractivity contribution in [2.45, 2.75) is 49.7 Å². The average molecular weight is 265 g/mol. The first-order valence-corrected chi connectivity index (χ1v) is 8.00. The van der Waals surface area contributed by atoms with Crippen molar-refractivity contribution in [2.24, 2.45) is 0 Å². The van der Waals surface area contributed by atoms with Gasteiger partial charge in [-0.3, -0.25) is 0 Å². The molecule has 0 aliphatic carbocycles. The molecule has 0 radical (unpaired) electrons. The van der Waals surface area contributed by atoms with Crippen LogP contribution in [0, 0.1) is 0 Å². The molecule has 0 aromatic heterocycles. The van der Waals surface area contributed by atoms with Crippen LogP contribution in [-0.4, -0.2) is 40.9 Å². The minimum absolute atomic E-state index is 0.155. The normalized spacial score (nSPS) is 14.9. The molecule has 1 aromatic rings. The van der Waals surface area contributed by atoms with E-state index >= 15 is 0 Å². The minimum atomic E-state index is 0.155. The van der Waals surface area contributed by atoms with Gasteiger partial charge in [0.25, 0.3) is 0 Å². The molecule has 0 heterocycles. The van der Waals surface area contributed by atoms with Gasteiger partial charge in [0.2, 0.25) is 0 Å². The van der Waals surface area contributed by atoms with Gasteiger partial charge in [-0.2, -0.15) is 0 Å². The summed E-state index contributed by atoms with van der Waals surface area (Å²) in [5.74, 6) is 0. The Morgan fingerprint density at radius 2 is 1.70 bits per heavy atom.